The highest BCUT2D eigenvalue weighted by molar-refractivity contribution is 6.02. The Kier molecular flexibility index (Phi) is 24.3. The third-order valence-electron chi connectivity index (χ3n) is 19.4. The van der Waals surface area contributed by atoms with E-state index < -0.39 is 0 Å². The number of unbranched alkanes of at least 4 members (excludes halogenated alkanes) is 5. The van der Waals surface area contributed by atoms with Gasteiger partial charge in [-0.1, -0.05) is 164 Å². The number of aromatic nitrogens is 15. The monoisotopic (exact) mass is 1510 g/mol. The maximum absolute atomic E-state index is 11.3. The summed E-state index contributed by atoms with van der Waals surface area (Å²) >= 11 is 0. The van der Waals surface area contributed by atoms with Gasteiger partial charge in [-0.25, -0.2) is 33.1 Å². The summed E-state index contributed by atoms with van der Waals surface area (Å²) in [7, 11) is 1.67. The number of amides is 1. The Labute approximate surface area is 656 Å². The molecular weight excluding hydrogens is 1400 g/mol. The number of methoxy groups -OCH3 is 1. The first-order chi connectivity index (χ1) is 53.4. The van der Waals surface area contributed by atoms with Gasteiger partial charge < -0.3 is 20.2 Å². The van der Waals surface area contributed by atoms with E-state index in [9.17, 15) is 4.79 Å². The number of aryl methyl sites for hydroxylation is 3. The van der Waals surface area contributed by atoms with Crippen LogP contribution in [0.5, 0.6) is 0 Å². The van der Waals surface area contributed by atoms with Gasteiger partial charge in [0.15, 0.2) is 34.9 Å². The number of fused-ring (bicyclic) bond motifs is 6. The molecule has 0 aliphatic carbocycles. The van der Waals surface area contributed by atoms with Crippen molar-refractivity contribution in [1.82, 2.24) is 73.6 Å². The normalized spacial score (nSPS) is 14.4. The number of nitrogens with one attached hydrogen (secondary N) is 1. The molecule has 6 aliphatic heterocycles. The summed E-state index contributed by atoms with van der Waals surface area (Å²) in [4.78, 5) is 51.1. The first kappa shape index (κ1) is 80.0. The van der Waals surface area contributed by atoms with Crippen LogP contribution in [0.2, 0.25) is 0 Å². The molecule has 2 aromatic carbocycles. The minimum absolute atomic E-state index is 0.0464. The second-order valence-electron chi connectivity index (χ2n) is 32.8. The number of nitrogens with zero attached hydrogens (tertiary/aromatic N) is 21. The van der Waals surface area contributed by atoms with Crippen LogP contribution >= 0.6 is 0 Å². The van der Waals surface area contributed by atoms with Gasteiger partial charge in [0.2, 0.25) is 5.91 Å². The van der Waals surface area contributed by atoms with Crippen molar-refractivity contribution < 1.29 is 13.9 Å². The fourth-order valence-electron chi connectivity index (χ4n) is 13.2. The molecule has 0 saturated heterocycles. The van der Waals surface area contributed by atoms with Crippen LogP contribution in [0.1, 0.15) is 250 Å². The Bertz CT molecular complexity index is 5200. The fraction of sp³-hybridized carbons (Fsp3) is 0.419. The van der Waals surface area contributed by atoms with E-state index in [2.05, 4.69) is 221 Å². The molecular formula is C86H107N23O3. The minimum atomic E-state index is -0.246. The van der Waals surface area contributed by atoms with E-state index in [1.165, 1.54) is 50.3 Å². The number of carbonyl (C=O) groups excluding carboxylic acids is 1. The van der Waals surface area contributed by atoms with E-state index in [0.29, 0.717) is 32.7 Å². The van der Waals surface area contributed by atoms with Crippen LogP contribution in [0.3, 0.4) is 0 Å². The zero-order valence-electron chi connectivity index (χ0n) is 68.2. The van der Waals surface area contributed by atoms with E-state index in [1.807, 2.05) is 103 Å². The van der Waals surface area contributed by atoms with Crippen molar-refractivity contribution in [2.45, 2.75) is 230 Å². The van der Waals surface area contributed by atoms with Gasteiger partial charge in [0.25, 0.3) is 0 Å². The van der Waals surface area contributed by atoms with Crippen molar-refractivity contribution in [3.63, 3.8) is 0 Å². The number of carbonyl (C=O) groups is 1. The molecule has 0 radical (unpaired) electrons. The third-order valence-corrected chi connectivity index (χ3v) is 19.4. The Balaban J connectivity index is 0.000000125. The predicted molar refractivity (Wildman–Crippen MR) is 442 cm³/mol. The Morgan fingerprint density at radius 1 is 0.518 bits per heavy atom. The number of ether oxygens (including phenoxy) is 1. The van der Waals surface area contributed by atoms with Crippen LogP contribution in [0.15, 0.2) is 175 Å². The van der Waals surface area contributed by atoms with Crippen LogP contribution in [0, 0.1) is 20.8 Å². The lowest BCUT2D eigenvalue weighted by Crippen LogP contribution is -2.22. The standard InChI is InChI=1S/C16H26N4O.C16H19N3.C14H16N4O.C14H16N4.C13H15N5.C13H15N3O/c1-4-5-6-7-8-9-10-15-17-11-14-16(18-13(3)21)12(2)19-20(14)15;1-11-6-5-7-12(8-11)15-17-10-13-9-14(16(2,3)4)18-19(13)15;1-9-6-12-8-16-14(18(12)17-9)13(19-2)10-4-3-5-11(15)7-10;1-14(2,3)12-8-10-9-16-13(18(10)17-12)11-6-4-5-7-15-11;1-13(2,3)11-6-9-7-16-12(18(9)17-11)10-8-14-4-5-15-10;1-13(2,3)11-7-9-8-14-12(16(9)15-11)10-5-4-6-17-10/h4-11H2,1-3H3,(H,18,21);5-9H,10H2,1-4H3;3-7,13H,8,15H2,1-2H3;4-8H,9H2,1-3H3;4-6,8H,7H2,1-3H3;4-7H,8H2,1-3H3. The van der Waals surface area contributed by atoms with Gasteiger partial charge in [-0.2, -0.15) is 30.6 Å². The molecule has 26 heteroatoms. The number of benzene rings is 2. The molecule has 17 rings (SSSR count). The average Bonchev–Trinajstić information content (AvgIpc) is 1.67. The molecule has 1 amide bonds. The number of pyridine rings is 1. The van der Waals surface area contributed by atoms with Crippen molar-refractivity contribution >= 4 is 52.3 Å². The summed E-state index contributed by atoms with van der Waals surface area (Å²) in [5.41, 5.74) is 25.6. The van der Waals surface area contributed by atoms with Crippen LogP contribution in [-0.2, 0) is 70.5 Å². The van der Waals surface area contributed by atoms with Crippen molar-refractivity contribution in [1.29, 1.82) is 0 Å². The largest absolute Gasteiger partial charge is 0.461 e. The fourth-order valence-corrected chi connectivity index (χ4v) is 13.2. The summed E-state index contributed by atoms with van der Waals surface area (Å²) in [5.74, 6) is 5.98. The second-order valence-corrected chi connectivity index (χ2v) is 32.8. The lowest BCUT2D eigenvalue weighted by molar-refractivity contribution is -0.114. The summed E-state index contributed by atoms with van der Waals surface area (Å²) in [6.07, 6.45) is 16.9. The van der Waals surface area contributed by atoms with Gasteiger partial charge in [0.1, 0.15) is 23.3 Å². The van der Waals surface area contributed by atoms with E-state index >= 15 is 0 Å². The van der Waals surface area contributed by atoms with E-state index in [1.54, 1.807) is 38.2 Å². The molecule has 11 aromatic rings. The van der Waals surface area contributed by atoms with Crippen molar-refractivity contribution in [2.75, 3.05) is 18.2 Å². The number of nitrogens with two attached hydrogens (primary N) is 1. The molecule has 0 fully saturated rings. The number of anilines is 2. The second kappa shape index (κ2) is 34.0. The van der Waals surface area contributed by atoms with Crippen molar-refractivity contribution in [2.24, 2.45) is 30.0 Å². The minimum Gasteiger partial charge on any atom is -0.461 e. The molecule has 15 heterocycles. The van der Waals surface area contributed by atoms with E-state index in [-0.39, 0.29) is 33.7 Å². The SMILES string of the molecule is CC(C)(C)c1cc2n(n1)C(c1ccccn1)=NC2.CC(C)(C)c1cc2n(n1)C(c1ccco1)=NC2.CC(C)(C)c1cc2n(n1)C(c1cnccn1)=NC2.CCCCCCCCC1=NCc2c(NC(C)=O)c(C)nn21.COC(C1=NCc2cc(C)nn21)c1cccc(N)c1.Cc1cccc(C2=NCc3cc(C(C)(C)C)nn32)c1. The maximum atomic E-state index is 11.3. The first-order valence-corrected chi connectivity index (χ1v) is 38.7. The van der Waals surface area contributed by atoms with Crippen LogP contribution in [0.4, 0.5) is 11.4 Å². The Morgan fingerprint density at radius 3 is 1.60 bits per heavy atom. The molecule has 112 heavy (non-hydrogen) atoms. The maximum Gasteiger partial charge on any atom is 0.221 e. The van der Waals surface area contributed by atoms with Gasteiger partial charge >= 0.3 is 0 Å². The lowest BCUT2D eigenvalue weighted by Gasteiger charge is -2.17. The third kappa shape index (κ3) is 18.7. The van der Waals surface area contributed by atoms with Gasteiger partial charge in [-0.15, -0.1) is 0 Å². The Hall–Kier alpha value is -11.5. The highest BCUT2D eigenvalue weighted by Gasteiger charge is 2.32. The number of rotatable bonds is 15. The number of nitrogen functional groups attached to an aromatic ring is 1. The zero-order valence-corrected chi connectivity index (χ0v) is 68.2. The lowest BCUT2D eigenvalue weighted by atomic mass is 9.92. The molecule has 0 spiro atoms. The molecule has 6 aliphatic rings. The van der Waals surface area contributed by atoms with Crippen LogP contribution in [-0.4, -0.2) is 122 Å². The predicted octanol–water partition coefficient (Wildman–Crippen LogP) is 15.6. The molecule has 0 bridgehead atoms. The molecule has 9 aromatic heterocycles. The van der Waals surface area contributed by atoms with Gasteiger partial charge in [0.05, 0.1) is 126 Å². The number of aliphatic imine (C=N–C) groups is 6. The van der Waals surface area contributed by atoms with Gasteiger partial charge in [-0.3, -0.25) is 44.7 Å². The van der Waals surface area contributed by atoms with Gasteiger partial charge in [-0.05, 0) is 106 Å². The van der Waals surface area contributed by atoms with Crippen LogP contribution < -0.4 is 11.1 Å². The molecule has 1 unspecified atom stereocenters. The molecule has 1 atom stereocenters. The topological polar surface area (TPSA) is 297 Å². The molecule has 3 N–H and O–H groups in total. The smallest absolute Gasteiger partial charge is 0.221 e. The highest BCUT2D eigenvalue weighted by Crippen LogP contribution is 2.32. The summed E-state index contributed by atoms with van der Waals surface area (Å²) in [6.45, 7) is 39.8. The quantitative estimate of drug-likeness (QED) is 0.0713. The van der Waals surface area contributed by atoms with Crippen LogP contribution in [0.25, 0.3) is 0 Å². The van der Waals surface area contributed by atoms with Gasteiger partial charge in [0, 0.05) is 72.0 Å². The molecule has 26 nitrogen and oxygen atoms in total. The molecule has 584 valence electrons. The highest BCUT2D eigenvalue weighted by atomic mass is 16.5. The number of furan rings is 1. The number of hydrogen-bond donors (Lipinski definition) is 2. The van der Waals surface area contributed by atoms with E-state index in [4.69, 9.17) is 20.0 Å². The summed E-state index contributed by atoms with van der Waals surface area (Å²) < 4.78 is 22.4. The van der Waals surface area contributed by atoms with E-state index in [0.717, 1.165) is 157 Å². The summed E-state index contributed by atoms with van der Waals surface area (Å²) in [6, 6.07) is 36.3. The van der Waals surface area contributed by atoms with Crippen molar-refractivity contribution in [3.8, 4) is 0 Å². The van der Waals surface area contributed by atoms with Crippen molar-refractivity contribution in [3.05, 3.63) is 242 Å². The zero-order chi connectivity index (χ0) is 79.8. The summed E-state index contributed by atoms with van der Waals surface area (Å²) in [5, 5.41) is 30.5. The number of hydrogen-bond acceptors (Lipinski definition) is 19. The first-order valence-electron chi connectivity index (χ1n) is 38.7. The Morgan fingerprint density at radius 2 is 1.06 bits per heavy atom. The average molecular weight is 1510 g/mol. The molecule has 0 saturated carbocycles.